The maximum Gasteiger partial charge on any atom is 0.0490 e. The van der Waals surface area contributed by atoms with Crippen molar-refractivity contribution in [1.29, 1.82) is 0 Å². The monoisotopic (exact) mass is 318 g/mol. The van der Waals surface area contributed by atoms with Crippen molar-refractivity contribution >= 4 is 17.7 Å². The summed E-state index contributed by atoms with van der Waals surface area (Å²) in [5.41, 5.74) is 7.05. The van der Waals surface area contributed by atoms with Crippen LogP contribution in [0.2, 0.25) is 5.02 Å². The van der Waals surface area contributed by atoms with Crippen LogP contribution < -0.4 is 0 Å². The molecule has 3 aromatic carbocycles. The van der Waals surface area contributed by atoms with Gasteiger partial charge in [0.25, 0.3) is 0 Å². The largest absolute Gasteiger partial charge is 0.0871 e. The fourth-order valence-corrected chi connectivity index (χ4v) is 3.02. The molecule has 0 aliphatic heterocycles. The normalized spacial score (nSPS) is 11.1. The van der Waals surface area contributed by atoms with E-state index in [2.05, 4.69) is 61.5 Å². The Balaban J connectivity index is 2.02. The first-order chi connectivity index (χ1) is 11.2. The first-order valence-corrected chi connectivity index (χ1v) is 8.15. The zero-order chi connectivity index (χ0) is 16.2. The van der Waals surface area contributed by atoms with Crippen molar-refractivity contribution in [3.05, 3.63) is 89.0 Å². The van der Waals surface area contributed by atoms with E-state index in [1.54, 1.807) is 0 Å². The fraction of sp³-hybridized carbons (Fsp3) is 0.0909. The SMILES string of the molecule is C/C=C\c1cc(-c2ccc(-c3ccccc3)c(Cl)c2)ccc1C. The Labute approximate surface area is 143 Å². The standard InChI is InChI=1S/C22H19Cl/c1-3-7-18-14-19(11-10-16(18)2)20-12-13-21(22(23)15-20)17-8-5-4-6-9-17/h3-15H,1-2H3/b7-3-. The Kier molecular flexibility index (Phi) is 4.64. The molecule has 0 N–H and O–H groups in total. The van der Waals surface area contributed by atoms with Crippen LogP contribution in [-0.2, 0) is 0 Å². The van der Waals surface area contributed by atoms with E-state index in [0.717, 1.165) is 21.7 Å². The first-order valence-electron chi connectivity index (χ1n) is 7.78. The van der Waals surface area contributed by atoms with Crippen LogP contribution in [0.25, 0.3) is 28.3 Å². The molecule has 23 heavy (non-hydrogen) atoms. The third-order valence-corrected chi connectivity index (χ3v) is 4.33. The summed E-state index contributed by atoms with van der Waals surface area (Å²) in [6, 6.07) is 23.0. The Morgan fingerprint density at radius 1 is 0.783 bits per heavy atom. The van der Waals surface area contributed by atoms with E-state index in [9.17, 15) is 0 Å². The molecular weight excluding hydrogens is 300 g/mol. The van der Waals surface area contributed by atoms with Crippen LogP contribution in [0.4, 0.5) is 0 Å². The summed E-state index contributed by atoms with van der Waals surface area (Å²) in [6.07, 6.45) is 4.20. The third-order valence-electron chi connectivity index (χ3n) is 4.01. The predicted molar refractivity (Wildman–Crippen MR) is 102 cm³/mol. The number of halogens is 1. The lowest BCUT2D eigenvalue weighted by molar-refractivity contribution is 1.44. The van der Waals surface area contributed by atoms with Gasteiger partial charge < -0.3 is 0 Å². The molecule has 0 aliphatic carbocycles. The molecule has 0 atom stereocenters. The van der Waals surface area contributed by atoms with E-state index >= 15 is 0 Å². The second-order valence-corrected chi connectivity index (χ2v) is 6.04. The Hall–Kier alpha value is -2.31. The number of hydrogen-bond donors (Lipinski definition) is 0. The van der Waals surface area contributed by atoms with Gasteiger partial charge in [0.15, 0.2) is 0 Å². The minimum absolute atomic E-state index is 0.779. The van der Waals surface area contributed by atoms with E-state index < -0.39 is 0 Å². The van der Waals surface area contributed by atoms with Crippen molar-refractivity contribution in [2.75, 3.05) is 0 Å². The fourth-order valence-electron chi connectivity index (χ4n) is 2.73. The van der Waals surface area contributed by atoms with Gasteiger partial charge >= 0.3 is 0 Å². The average Bonchev–Trinajstić information content (AvgIpc) is 2.58. The summed E-state index contributed by atoms with van der Waals surface area (Å²) in [5, 5.41) is 0.779. The van der Waals surface area contributed by atoms with Crippen molar-refractivity contribution in [3.63, 3.8) is 0 Å². The molecule has 3 aromatic rings. The Morgan fingerprint density at radius 3 is 2.17 bits per heavy atom. The minimum atomic E-state index is 0.779. The molecule has 0 nitrogen and oxygen atoms in total. The second-order valence-electron chi connectivity index (χ2n) is 5.63. The lowest BCUT2D eigenvalue weighted by atomic mass is 9.97. The van der Waals surface area contributed by atoms with Gasteiger partial charge in [0, 0.05) is 10.6 Å². The van der Waals surface area contributed by atoms with Crippen LogP contribution in [0.1, 0.15) is 18.1 Å². The third kappa shape index (κ3) is 3.38. The van der Waals surface area contributed by atoms with Gasteiger partial charge in [0.05, 0.1) is 0 Å². The van der Waals surface area contributed by atoms with Crippen molar-refractivity contribution in [2.24, 2.45) is 0 Å². The van der Waals surface area contributed by atoms with Crippen LogP contribution in [0.15, 0.2) is 72.8 Å². The highest BCUT2D eigenvalue weighted by molar-refractivity contribution is 6.33. The highest BCUT2D eigenvalue weighted by Crippen LogP contribution is 2.32. The summed E-state index contributed by atoms with van der Waals surface area (Å²) in [7, 11) is 0. The second kappa shape index (κ2) is 6.85. The van der Waals surface area contributed by atoms with Gasteiger partial charge in [-0.15, -0.1) is 0 Å². The van der Waals surface area contributed by atoms with Gasteiger partial charge in [-0.1, -0.05) is 78.4 Å². The first kappa shape index (κ1) is 15.6. The molecule has 0 unspecified atom stereocenters. The van der Waals surface area contributed by atoms with E-state index in [1.165, 1.54) is 16.7 Å². The van der Waals surface area contributed by atoms with E-state index in [-0.39, 0.29) is 0 Å². The molecule has 0 aromatic heterocycles. The lowest BCUT2D eigenvalue weighted by Crippen LogP contribution is -1.86. The molecule has 0 amide bonds. The molecule has 0 bridgehead atoms. The van der Waals surface area contributed by atoms with Crippen molar-refractivity contribution < 1.29 is 0 Å². The summed E-state index contributed by atoms with van der Waals surface area (Å²) in [5.74, 6) is 0. The predicted octanol–water partition coefficient (Wildman–Crippen LogP) is 7.02. The average molecular weight is 319 g/mol. The topological polar surface area (TPSA) is 0 Å². The zero-order valence-corrected chi connectivity index (χ0v) is 14.1. The van der Waals surface area contributed by atoms with Gasteiger partial charge in [-0.05, 0) is 53.8 Å². The zero-order valence-electron chi connectivity index (χ0n) is 13.4. The molecule has 1 heteroatoms. The van der Waals surface area contributed by atoms with Crippen molar-refractivity contribution in [2.45, 2.75) is 13.8 Å². The molecule has 0 fully saturated rings. The Bertz CT molecular complexity index is 845. The number of aryl methyl sites for hydroxylation is 1. The van der Waals surface area contributed by atoms with Gasteiger partial charge in [-0.25, -0.2) is 0 Å². The van der Waals surface area contributed by atoms with E-state index in [0.29, 0.717) is 0 Å². The van der Waals surface area contributed by atoms with Gasteiger partial charge in [0.2, 0.25) is 0 Å². The molecule has 0 spiro atoms. The number of hydrogen-bond acceptors (Lipinski definition) is 0. The molecule has 0 heterocycles. The van der Waals surface area contributed by atoms with Crippen molar-refractivity contribution in [1.82, 2.24) is 0 Å². The van der Waals surface area contributed by atoms with Gasteiger partial charge in [-0.2, -0.15) is 0 Å². The number of allylic oxidation sites excluding steroid dienone is 1. The highest BCUT2D eigenvalue weighted by Gasteiger charge is 2.07. The molecule has 3 rings (SSSR count). The summed E-state index contributed by atoms with van der Waals surface area (Å²) in [4.78, 5) is 0. The van der Waals surface area contributed by atoms with Crippen molar-refractivity contribution in [3.8, 4) is 22.3 Å². The lowest BCUT2D eigenvalue weighted by Gasteiger charge is -2.10. The summed E-state index contributed by atoms with van der Waals surface area (Å²) in [6.45, 7) is 4.17. The van der Waals surface area contributed by atoms with Gasteiger partial charge in [-0.3, -0.25) is 0 Å². The van der Waals surface area contributed by atoms with E-state index in [4.69, 9.17) is 11.6 Å². The summed E-state index contributed by atoms with van der Waals surface area (Å²) < 4.78 is 0. The molecular formula is C22H19Cl. The number of rotatable bonds is 3. The summed E-state index contributed by atoms with van der Waals surface area (Å²) >= 11 is 6.53. The maximum absolute atomic E-state index is 6.53. The molecule has 0 saturated carbocycles. The molecule has 0 radical (unpaired) electrons. The van der Waals surface area contributed by atoms with Crippen LogP contribution in [0, 0.1) is 6.92 Å². The van der Waals surface area contributed by atoms with Crippen LogP contribution in [-0.4, -0.2) is 0 Å². The Morgan fingerprint density at radius 2 is 1.48 bits per heavy atom. The van der Waals surface area contributed by atoms with E-state index in [1.807, 2.05) is 31.2 Å². The van der Waals surface area contributed by atoms with Crippen LogP contribution in [0.3, 0.4) is 0 Å². The molecule has 0 saturated heterocycles. The minimum Gasteiger partial charge on any atom is -0.0871 e. The highest BCUT2D eigenvalue weighted by atomic mass is 35.5. The van der Waals surface area contributed by atoms with Gasteiger partial charge in [0.1, 0.15) is 0 Å². The number of benzene rings is 3. The quantitative estimate of drug-likeness (QED) is 0.487. The molecule has 0 aliphatic rings. The van der Waals surface area contributed by atoms with Crippen LogP contribution >= 0.6 is 11.6 Å². The van der Waals surface area contributed by atoms with Crippen LogP contribution in [0.5, 0.6) is 0 Å². The molecule has 114 valence electrons. The maximum atomic E-state index is 6.53. The smallest absolute Gasteiger partial charge is 0.0490 e.